The lowest BCUT2D eigenvalue weighted by molar-refractivity contribution is 0.638. The Morgan fingerprint density at radius 1 is 0.957 bits per heavy atom. The first-order chi connectivity index (χ1) is 11.4. The average Bonchev–Trinajstić information content (AvgIpc) is 3.28. The Kier molecular flexibility index (Phi) is 3.48. The van der Waals surface area contributed by atoms with Crippen LogP contribution in [0.4, 0.5) is 5.69 Å². The highest BCUT2D eigenvalue weighted by Crippen LogP contribution is 2.23. The van der Waals surface area contributed by atoms with E-state index < -0.39 is 0 Å². The second kappa shape index (κ2) is 5.92. The van der Waals surface area contributed by atoms with Gasteiger partial charge in [0.25, 0.3) is 0 Å². The van der Waals surface area contributed by atoms with Crippen LogP contribution in [0, 0.1) is 0 Å². The molecule has 0 aliphatic rings. The van der Waals surface area contributed by atoms with Gasteiger partial charge in [0.05, 0.1) is 17.7 Å². The molecule has 0 saturated heterocycles. The van der Waals surface area contributed by atoms with E-state index in [1.165, 1.54) is 0 Å². The van der Waals surface area contributed by atoms with E-state index in [9.17, 15) is 0 Å². The summed E-state index contributed by atoms with van der Waals surface area (Å²) in [5.41, 5.74) is 3.03. The average molecular weight is 304 g/mol. The molecule has 3 aromatic heterocycles. The van der Waals surface area contributed by atoms with Crippen LogP contribution in [0.3, 0.4) is 0 Å². The lowest BCUT2D eigenvalue weighted by Gasteiger charge is -2.10. The number of rotatable bonds is 5. The maximum atomic E-state index is 4.47. The van der Waals surface area contributed by atoms with Crippen molar-refractivity contribution >= 4 is 16.6 Å². The molecule has 0 bridgehead atoms. The topological polar surface area (TPSA) is 60.6 Å². The minimum absolute atomic E-state index is 0.807. The van der Waals surface area contributed by atoms with Gasteiger partial charge in [0.15, 0.2) is 0 Å². The van der Waals surface area contributed by atoms with E-state index in [0.29, 0.717) is 0 Å². The van der Waals surface area contributed by atoms with E-state index in [1.54, 1.807) is 12.4 Å². The molecular weight excluding hydrogens is 288 g/mol. The van der Waals surface area contributed by atoms with E-state index >= 15 is 0 Å². The van der Waals surface area contributed by atoms with Crippen LogP contribution >= 0.6 is 0 Å². The molecule has 6 heteroatoms. The lowest BCUT2D eigenvalue weighted by Crippen LogP contribution is -2.11. The monoisotopic (exact) mass is 304 g/mol. The molecule has 0 spiro atoms. The molecule has 0 aliphatic heterocycles. The molecule has 23 heavy (non-hydrogen) atoms. The number of nitrogens with one attached hydrogen (secondary N) is 1. The zero-order valence-corrected chi connectivity index (χ0v) is 12.5. The molecular formula is C17H16N6. The first-order valence-corrected chi connectivity index (χ1v) is 7.50. The van der Waals surface area contributed by atoms with Gasteiger partial charge in [-0.2, -0.15) is 10.2 Å². The van der Waals surface area contributed by atoms with E-state index in [0.717, 1.165) is 35.4 Å². The smallest absolute Gasteiger partial charge is 0.0744 e. The van der Waals surface area contributed by atoms with Gasteiger partial charge in [-0.1, -0.05) is 0 Å². The summed E-state index contributed by atoms with van der Waals surface area (Å²) < 4.78 is 3.74. The number of nitrogens with zero attached hydrogens (tertiary/aromatic N) is 5. The molecule has 0 fully saturated rings. The number of aromatic nitrogens is 5. The van der Waals surface area contributed by atoms with E-state index in [4.69, 9.17) is 0 Å². The first-order valence-electron chi connectivity index (χ1n) is 7.50. The second-order valence-corrected chi connectivity index (χ2v) is 5.21. The Hall–Kier alpha value is -3.15. The predicted octanol–water partition coefficient (Wildman–Crippen LogP) is 2.73. The summed E-state index contributed by atoms with van der Waals surface area (Å²) in [6.07, 6.45) is 9.27. The van der Waals surface area contributed by atoms with Crippen molar-refractivity contribution in [2.24, 2.45) is 0 Å². The molecule has 0 amide bonds. The van der Waals surface area contributed by atoms with Gasteiger partial charge in [0.2, 0.25) is 0 Å². The number of hydrogen-bond acceptors (Lipinski definition) is 4. The van der Waals surface area contributed by atoms with Gasteiger partial charge < -0.3 is 5.32 Å². The van der Waals surface area contributed by atoms with Crippen molar-refractivity contribution in [1.82, 2.24) is 24.5 Å². The van der Waals surface area contributed by atoms with Crippen molar-refractivity contribution < 1.29 is 0 Å². The zero-order chi connectivity index (χ0) is 15.5. The summed E-state index contributed by atoms with van der Waals surface area (Å²) in [4.78, 5) is 4.47. The summed E-state index contributed by atoms with van der Waals surface area (Å²) >= 11 is 0. The summed E-state index contributed by atoms with van der Waals surface area (Å²) in [6.45, 7) is 1.63. The highest BCUT2D eigenvalue weighted by molar-refractivity contribution is 5.92. The predicted molar refractivity (Wildman–Crippen MR) is 89.6 cm³/mol. The fourth-order valence-electron chi connectivity index (χ4n) is 2.59. The van der Waals surface area contributed by atoms with Gasteiger partial charge in [-0.3, -0.25) is 9.67 Å². The summed E-state index contributed by atoms with van der Waals surface area (Å²) in [6, 6.07) is 12.0. The second-order valence-electron chi connectivity index (χ2n) is 5.21. The third kappa shape index (κ3) is 2.78. The van der Waals surface area contributed by atoms with Crippen molar-refractivity contribution in [2.75, 3.05) is 11.9 Å². The molecule has 0 saturated carbocycles. The minimum atomic E-state index is 0.807. The van der Waals surface area contributed by atoms with Crippen LogP contribution in [0.15, 0.2) is 67.4 Å². The Morgan fingerprint density at radius 3 is 2.70 bits per heavy atom. The van der Waals surface area contributed by atoms with Crippen molar-refractivity contribution in [3.8, 4) is 5.69 Å². The SMILES string of the molecule is c1cnn(CCNc2ccnc3cc(-n4cccn4)ccc23)c1. The fourth-order valence-corrected chi connectivity index (χ4v) is 2.59. The van der Waals surface area contributed by atoms with Crippen LogP contribution in [-0.4, -0.2) is 31.1 Å². The molecule has 1 N–H and O–H groups in total. The normalized spacial score (nSPS) is 11.0. The van der Waals surface area contributed by atoms with Crippen LogP contribution in [0.2, 0.25) is 0 Å². The quantitative estimate of drug-likeness (QED) is 0.616. The Bertz CT molecular complexity index is 896. The van der Waals surface area contributed by atoms with E-state index in [2.05, 4.69) is 32.6 Å². The van der Waals surface area contributed by atoms with Crippen molar-refractivity contribution in [3.63, 3.8) is 0 Å². The van der Waals surface area contributed by atoms with Crippen molar-refractivity contribution in [1.29, 1.82) is 0 Å². The van der Waals surface area contributed by atoms with Gasteiger partial charge >= 0.3 is 0 Å². The van der Waals surface area contributed by atoms with Crippen LogP contribution in [0.5, 0.6) is 0 Å². The van der Waals surface area contributed by atoms with Crippen molar-refractivity contribution in [2.45, 2.75) is 6.54 Å². The van der Waals surface area contributed by atoms with Gasteiger partial charge in [0, 0.05) is 48.6 Å². The molecule has 6 nitrogen and oxygen atoms in total. The number of benzene rings is 1. The molecule has 4 rings (SSSR count). The van der Waals surface area contributed by atoms with Crippen LogP contribution in [0.1, 0.15) is 0 Å². The molecule has 0 aliphatic carbocycles. The standard InChI is InChI=1S/C17H16N6/c1-6-20-22(10-1)12-9-19-16-5-8-18-17-13-14(3-4-15(16)17)23-11-2-7-21-23/h1-8,10-11,13H,9,12H2,(H,18,19). The summed E-state index contributed by atoms with van der Waals surface area (Å²) in [5, 5.41) is 13.0. The van der Waals surface area contributed by atoms with Crippen LogP contribution in [-0.2, 0) is 6.54 Å². The molecule has 3 heterocycles. The Morgan fingerprint density at radius 2 is 1.87 bits per heavy atom. The molecule has 1 aromatic carbocycles. The van der Waals surface area contributed by atoms with Gasteiger partial charge in [-0.25, -0.2) is 4.68 Å². The summed E-state index contributed by atoms with van der Waals surface area (Å²) in [7, 11) is 0. The number of hydrogen-bond donors (Lipinski definition) is 1. The van der Waals surface area contributed by atoms with Gasteiger partial charge in [-0.15, -0.1) is 0 Å². The zero-order valence-electron chi connectivity index (χ0n) is 12.5. The van der Waals surface area contributed by atoms with E-state index in [-0.39, 0.29) is 0 Å². The summed E-state index contributed by atoms with van der Waals surface area (Å²) in [5.74, 6) is 0. The third-order valence-electron chi connectivity index (χ3n) is 3.71. The number of anilines is 1. The largest absolute Gasteiger partial charge is 0.383 e. The minimum Gasteiger partial charge on any atom is -0.383 e. The molecule has 4 aromatic rings. The first kappa shape index (κ1) is 13.5. The number of fused-ring (bicyclic) bond motifs is 1. The molecule has 0 radical (unpaired) electrons. The number of pyridine rings is 1. The Balaban J connectivity index is 1.57. The fraction of sp³-hybridized carbons (Fsp3) is 0.118. The van der Waals surface area contributed by atoms with E-state index in [1.807, 2.05) is 52.2 Å². The van der Waals surface area contributed by atoms with Crippen LogP contribution < -0.4 is 5.32 Å². The van der Waals surface area contributed by atoms with Crippen molar-refractivity contribution in [3.05, 3.63) is 67.4 Å². The highest BCUT2D eigenvalue weighted by Gasteiger charge is 2.04. The lowest BCUT2D eigenvalue weighted by atomic mass is 10.1. The third-order valence-corrected chi connectivity index (χ3v) is 3.71. The molecule has 114 valence electrons. The maximum Gasteiger partial charge on any atom is 0.0744 e. The maximum absolute atomic E-state index is 4.47. The van der Waals surface area contributed by atoms with Gasteiger partial charge in [-0.05, 0) is 36.4 Å². The molecule has 0 atom stereocenters. The highest BCUT2D eigenvalue weighted by atomic mass is 15.3. The Labute approximate surface area is 133 Å². The van der Waals surface area contributed by atoms with Gasteiger partial charge in [0.1, 0.15) is 0 Å². The van der Waals surface area contributed by atoms with Crippen LogP contribution in [0.25, 0.3) is 16.6 Å². The molecule has 0 unspecified atom stereocenters.